The van der Waals surface area contributed by atoms with Gasteiger partial charge in [0.2, 0.25) is 0 Å². The normalized spacial score (nSPS) is 12.9. The molecule has 0 unspecified atom stereocenters. The number of nitrogens with zero attached hydrogens (tertiary/aromatic N) is 1. The third-order valence-electron chi connectivity index (χ3n) is 16.0. The Morgan fingerprint density at radius 3 is 1.59 bits per heavy atom. The molecule has 0 amide bonds. The molecule has 0 atom stereocenters. The van der Waals surface area contributed by atoms with E-state index in [1.165, 1.54) is 127 Å². The van der Waals surface area contributed by atoms with Crippen LogP contribution < -0.4 is 70.5 Å². The first-order chi connectivity index (χ1) is 30.0. The third kappa shape index (κ3) is 5.96. The molecule has 0 spiro atoms. The fourth-order valence-corrected chi connectivity index (χ4v) is 11.3. The molecule has 8 aromatic carbocycles. The molecule has 1 heterocycles. The lowest BCUT2D eigenvalue weighted by atomic mass is 9.59. The molecule has 0 radical (unpaired) electrons. The van der Waals surface area contributed by atoms with E-state index < -0.39 is 0 Å². The van der Waals surface area contributed by atoms with E-state index >= 15 is 0 Å². The molecule has 0 N–H and O–H groups in total. The Hall–Kier alpha value is -5.60. The summed E-state index contributed by atoms with van der Waals surface area (Å²) in [5, 5.41) is 5.12. The molecule has 0 saturated carbocycles. The van der Waals surface area contributed by atoms with Crippen LogP contribution in [0.5, 0.6) is 0 Å². The topological polar surface area (TPSA) is 16.4 Å². The van der Waals surface area contributed by atoms with Crippen LogP contribution in [-0.4, -0.2) is 94.2 Å². The number of hydrogen-bond acceptors (Lipinski definition) is 2. The third-order valence-corrected chi connectivity index (χ3v) is 16.0. The van der Waals surface area contributed by atoms with E-state index in [0.717, 1.165) is 33.2 Å². The van der Waals surface area contributed by atoms with Crippen molar-refractivity contribution in [3.05, 3.63) is 114 Å². The Balaban J connectivity index is 1.13. The van der Waals surface area contributed by atoms with E-state index in [2.05, 4.69) is 210 Å². The van der Waals surface area contributed by atoms with Crippen LogP contribution in [-0.2, 0) is 5.41 Å². The summed E-state index contributed by atoms with van der Waals surface area (Å²) in [6.45, 7) is 4.79. The van der Waals surface area contributed by atoms with Crippen molar-refractivity contribution in [2.24, 2.45) is 0 Å². The molecule has 14 heteroatoms. The van der Waals surface area contributed by atoms with Crippen molar-refractivity contribution >= 4 is 209 Å². The molecule has 0 saturated heterocycles. The summed E-state index contributed by atoms with van der Waals surface area (Å²) in [6.07, 6.45) is 0. The van der Waals surface area contributed by atoms with Gasteiger partial charge in [0.25, 0.3) is 0 Å². The maximum atomic E-state index is 6.52. The molecule has 1 aromatic heterocycles. The predicted molar refractivity (Wildman–Crippen MR) is 312 cm³/mol. The second-order valence-electron chi connectivity index (χ2n) is 19.3. The predicted octanol–water partition coefficient (Wildman–Crippen LogP) is -7.05. The van der Waals surface area contributed by atoms with Crippen molar-refractivity contribution in [3.8, 4) is 33.4 Å². The number of rotatable bonds is 5. The maximum Gasteiger partial charge on any atom is 0.143 e. The number of hydrogen-bond donors (Lipinski definition) is 0. The molecule has 0 bridgehead atoms. The number of benzene rings is 8. The van der Waals surface area contributed by atoms with Crippen LogP contribution in [0.1, 0.15) is 25.0 Å². The van der Waals surface area contributed by atoms with Crippen LogP contribution in [0, 0.1) is 0 Å². The summed E-state index contributed by atoms with van der Waals surface area (Å²) in [4.78, 5) is 2.54. The van der Waals surface area contributed by atoms with Crippen molar-refractivity contribution < 1.29 is 4.42 Å². The molecule has 63 heavy (non-hydrogen) atoms. The van der Waals surface area contributed by atoms with Crippen molar-refractivity contribution in [2.75, 3.05) is 4.90 Å². The van der Waals surface area contributed by atoms with Gasteiger partial charge >= 0.3 is 0 Å². The molecule has 1 aliphatic rings. The van der Waals surface area contributed by atoms with Gasteiger partial charge in [-0.1, -0.05) is 124 Å². The molecule has 0 aliphatic heterocycles. The molecule has 2 nitrogen and oxygen atoms in total. The lowest BCUT2D eigenvalue weighted by Gasteiger charge is -2.33. The first-order valence-corrected chi connectivity index (χ1v) is 22.7. The van der Waals surface area contributed by atoms with Gasteiger partial charge in [-0.2, -0.15) is 0 Å². The van der Waals surface area contributed by atoms with Gasteiger partial charge < -0.3 is 9.32 Å². The molecule has 9 aromatic rings. The molecule has 0 fully saturated rings. The Bertz CT molecular complexity index is 3430. The van der Waals surface area contributed by atoms with Gasteiger partial charge in [-0.05, 0) is 86.1 Å². The highest BCUT2D eigenvalue weighted by atomic mass is 16.3. The van der Waals surface area contributed by atoms with E-state index in [9.17, 15) is 0 Å². The highest BCUT2D eigenvalue weighted by molar-refractivity contribution is 6.72. The number of furan rings is 1. The zero-order chi connectivity index (χ0) is 44.5. The Kier molecular flexibility index (Phi) is 9.68. The van der Waals surface area contributed by atoms with E-state index in [0.29, 0.717) is 0 Å². The van der Waals surface area contributed by atoms with Crippen molar-refractivity contribution in [1.82, 2.24) is 0 Å². The maximum absolute atomic E-state index is 6.52. The summed E-state index contributed by atoms with van der Waals surface area (Å²) >= 11 is 0. The Labute approximate surface area is 383 Å². The quantitative estimate of drug-likeness (QED) is 0.161. The van der Waals surface area contributed by atoms with Crippen LogP contribution in [0.25, 0.3) is 66.1 Å². The van der Waals surface area contributed by atoms with Gasteiger partial charge in [0.1, 0.15) is 105 Å². The summed E-state index contributed by atoms with van der Waals surface area (Å²) in [5.74, 6) is 0. The monoisotopic (exact) mass is 797 g/mol. The van der Waals surface area contributed by atoms with Crippen LogP contribution in [0.15, 0.2) is 108 Å². The first kappa shape index (κ1) is 41.4. The van der Waals surface area contributed by atoms with Crippen LogP contribution in [0.3, 0.4) is 0 Å². The average Bonchev–Trinajstić information content (AvgIpc) is 3.78. The first-order valence-electron chi connectivity index (χ1n) is 22.7. The number of anilines is 3. The van der Waals surface area contributed by atoms with Crippen LogP contribution in [0.2, 0.25) is 0 Å². The van der Waals surface area contributed by atoms with Crippen molar-refractivity contribution in [1.29, 1.82) is 0 Å². The fraction of sp³-hybridized carbons (Fsp3) is 0.0612. The van der Waals surface area contributed by atoms with E-state index in [1.807, 2.05) is 6.07 Å². The summed E-state index contributed by atoms with van der Waals surface area (Å²) in [7, 11) is 27.6. The molecular formula is C49H47B12NO. The standard InChI is InChI=1S/C49H47B12NO/c1-49(2)29-18-21(24-7-5-8-28-27-6-3-4-9-31(27)63-48(24)28)12-16-25(29)26-17-15-23(19-30(26)49)62(47-45(60)43(58)42(57)44(59)46(47)61)22-13-10-20(11-14-22)32-33-34(37(52)39(54)35(32)50)38(53)41(56)40(55)36(33)51/h3-19H,50-61H2,1-2H3. The lowest BCUT2D eigenvalue weighted by Crippen LogP contribution is -2.56. The smallest absolute Gasteiger partial charge is 0.143 e. The van der Waals surface area contributed by atoms with Gasteiger partial charge in [-0.15, -0.1) is 21.9 Å². The highest BCUT2D eigenvalue weighted by Crippen LogP contribution is 2.52. The molecular weight excluding hydrogens is 748 g/mol. The van der Waals surface area contributed by atoms with Gasteiger partial charge in [0.15, 0.2) is 0 Å². The van der Waals surface area contributed by atoms with E-state index in [1.54, 1.807) is 0 Å². The molecule has 1 aliphatic carbocycles. The summed E-state index contributed by atoms with van der Waals surface area (Å²) < 4.78 is 6.52. The molecule has 10 rings (SSSR count). The lowest BCUT2D eigenvalue weighted by molar-refractivity contribution is 0.660. The van der Waals surface area contributed by atoms with Crippen molar-refractivity contribution in [3.63, 3.8) is 0 Å². The summed E-state index contributed by atoms with van der Waals surface area (Å²) in [6, 6.07) is 38.6. The highest BCUT2D eigenvalue weighted by Gasteiger charge is 2.37. The minimum atomic E-state index is -0.231. The minimum absolute atomic E-state index is 0.231. The van der Waals surface area contributed by atoms with E-state index in [-0.39, 0.29) is 5.41 Å². The summed E-state index contributed by atoms with van der Waals surface area (Å²) in [5.41, 5.74) is 31.9. The second kappa shape index (κ2) is 14.7. The fourth-order valence-electron chi connectivity index (χ4n) is 11.3. The number of para-hydroxylation sites is 2. The zero-order valence-corrected chi connectivity index (χ0v) is 39.7. The van der Waals surface area contributed by atoms with Crippen molar-refractivity contribution in [2.45, 2.75) is 19.3 Å². The SMILES string of the molecule is Bc1c(B)c(B)c(N(c2ccc(-c3c(B)c(B)c(B)c4c(B)c(B)c(B)c(B)c34)cc2)c2ccc3c(c2)C(C)(C)c2cc(-c4cccc5c4oc4ccccc45)ccc2-3)c(B)c1B. The minimum Gasteiger partial charge on any atom is -0.455 e. The van der Waals surface area contributed by atoms with Gasteiger partial charge in [0.05, 0.1) is 0 Å². The van der Waals surface area contributed by atoms with Gasteiger partial charge in [0, 0.05) is 38.8 Å². The van der Waals surface area contributed by atoms with E-state index in [4.69, 9.17) is 4.42 Å². The van der Waals surface area contributed by atoms with Crippen LogP contribution >= 0.6 is 0 Å². The Morgan fingerprint density at radius 2 is 0.921 bits per heavy atom. The van der Waals surface area contributed by atoms with Gasteiger partial charge in [-0.3, -0.25) is 0 Å². The number of fused-ring (bicyclic) bond motifs is 7. The zero-order valence-electron chi connectivity index (χ0n) is 39.7. The largest absolute Gasteiger partial charge is 0.455 e. The Morgan fingerprint density at radius 1 is 0.413 bits per heavy atom. The van der Waals surface area contributed by atoms with Gasteiger partial charge in [-0.25, -0.2) is 0 Å². The second-order valence-corrected chi connectivity index (χ2v) is 19.3. The average molecular weight is 796 g/mol. The van der Waals surface area contributed by atoms with Crippen LogP contribution in [0.4, 0.5) is 17.1 Å². The molecule has 290 valence electrons.